The molecule has 1 aromatic carbocycles. The molecular formula is C21H26FN3O2. The maximum atomic E-state index is 13.4. The number of carbonyl (C=O) groups is 1. The van der Waals surface area contributed by atoms with Gasteiger partial charge < -0.3 is 9.88 Å². The lowest BCUT2D eigenvalue weighted by Crippen LogP contribution is -2.35. The van der Waals surface area contributed by atoms with Gasteiger partial charge in [-0.1, -0.05) is 25.0 Å². The Hall–Kier alpha value is -2.47. The zero-order valence-electron chi connectivity index (χ0n) is 15.7. The van der Waals surface area contributed by atoms with E-state index in [1.807, 2.05) is 0 Å². The van der Waals surface area contributed by atoms with E-state index in [1.165, 1.54) is 37.1 Å². The third-order valence-electron chi connectivity index (χ3n) is 5.18. The molecule has 2 heterocycles. The number of hydrogen-bond acceptors (Lipinski definition) is 3. The Bertz CT molecular complexity index is 824. The minimum Gasteiger partial charge on any atom is -0.355 e. The number of nitrogens with one attached hydrogen (secondary N) is 1. The molecule has 0 bridgehead atoms. The van der Waals surface area contributed by atoms with E-state index in [0.29, 0.717) is 12.1 Å². The smallest absolute Gasteiger partial charge is 0.252 e. The van der Waals surface area contributed by atoms with Gasteiger partial charge in [-0.05, 0) is 49.7 Å². The van der Waals surface area contributed by atoms with Crippen LogP contribution in [0.4, 0.5) is 4.39 Å². The fraction of sp³-hybridized carbons (Fsp3) is 0.429. The van der Waals surface area contributed by atoms with Crippen molar-refractivity contribution in [1.82, 2.24) is 14.8 Å². The summed E-state index contributed by atoms with van der Waals surface area (Å²) in [7, 11) is 1.57. The predicted molar refractivity (Wildman–Crippen MR) is 103 cm³/mol. The fourth-order valence-corrected chi connectivity index (χ4v) is 3.66. The monoisotopic (exact) mass is 371 g/mol. The summed E-state index contributed by atoms with van der Waals surface area (Å²) < 4.78 is 15.0. The lowest BCUT2D eigenvalue weighted by molar-refractivity contribution is 0.0962. The highest BCUT2D eigenvalue weighted by Crippen LogP contribution is 2.26. The molecule has 1 amide bonds. The van der Waals surface area contributed by atoms with Crippen molar-refractivity contribution in [3.8, 4) is 0 Å². The summed E-state index contributed by atoms with van der Waals surface area (Å²) in [6, 6.07) is 9.43. The third kappa shape index (κ3) is 4.83. The molecule has 1 atom stereocenters. The maximum Gasteiger partial charge on any atom is 0.252 e. The Kier molecular flexibility index (Phi) is 6.40. The molecule has 0 radical (unpaired) electrons. The standard InChI is InChI=1S/C21H26FN3O2/c1-23-21(27)17-8-11-20(26)25(14-17)15-19(16-6-9-18(22)10-7-16)24-12-4-2-3-5-13-24/h6-11,14,19H,2-5,12-13,15H2,1H3,(H,23,27)/t19-/m1/s1. The van der Waals surface area contributed by atoms with E-state index in [0.717, 1.165) is 31.5 Å². The number of carbonyl (C=O) groups excluding carboxylic acids is 1. The SMILES string of the molecule is CNC(=O)c1ccc(=O)n(C[C@H](c2ccc(F)cc2)N2CCCCCC2)c1. The first-order chi connectivity index (χ1) is 13.1. The summed E-state index contributed by atoms with van der Waals surface area (Å²) in [6.45, 7) is 2.33. The van der Waals surface area contributed by atoms with E-state index >= 15 is 0 Å². The Balaban J connectivity index is 1.94. The van der Waals surface area contributed by atoms with Gasteiger partial charge in [0, 0.05) is 25.9 Å². The van der Waals surface area contributed by atoms with Crippen LogP contribution in [-0.2, 0) is 6.54 Å². The zero-order valence-corrected chi connectivity index (χ0v) is 15.7. The Morgan fingerprint density at radius 3 is 2.37 bits per heavy atom. The number of benzene rings is 1. The second-order valence-corrected chi connectivity index (χ2v) is 7.01. The second kappa shape index (κ2) is 8.95. The topological polar surface area (TPSA) is 54.3 Å². The molecular weight excluding hydrogens is 345 g/mol. The molecule has 144 valence electrons. The van der Waals surface area contributed by atoms with Crippen molar-refractivity contribution < 1.29 is 9.18 Å². The third-order valence-corrected chi connectivity index (χ3v) is 5.18. The summed E-state index contributed by atoms with van der Waals surface area (Å²) in [4.78, 5) is 26.7. The van der Waals surface area contributed by atoms with Gasteiger partial charge in [0.25, 0.3) is 11.5 Å². The highest BCUT2D eigenvalue weighted by atomic mass is 19.1. The average molecular weight is 371 g/mol. The van der Waals surface area contributed by atoms with Crippen LogP contribution in [0.2, 0.25) is 0 Å². The van der Waals surface area contributed by atoms with Gasteiger partial charge in [-0.3, -0.25) is 14.5 Å². The quantitative estimate of drug-likeness (QED) is 0.879. The number of pyridine rings is 1. The van der Waals surface area contributed by atoms with Crippen LogP contribution in [0, 0.1) is 5.82 Å². The van der Waals surface area contributed by atoms with Crippen LogP contribution in [0.3, 0.4) is 0 Å². The Morgan fingerprint density at radius 2 is 1.74 bits per heavy atom. The Morgan fingerprint density at radius 1 is 1.07 bits per heavy atom. The molecule has 1 aliphatic rings. The van der Waals surface area contributed by atoms with Crippen LogP contribution in [0.25, 0.3) is 0 Å². The van der Waals surface area contributed by atoms with Crippen molar-refractivity contribution in [3.05, 3.63) is 69.9 Å². The number of rotatable bonds is 5. The Labute approximate surface area is 158 Å². The van der Waals surface area contributed by atoms with Gasteiger partial charge >= 0.3 is 0 Å². The van der Waals surface area contributed by atoms with Crippen molar-refractivity contribution >= 4 is 5.91 Å². The molecule has 27 heavy (non-hydrogen) atoms. The minimum absolute atomic E-state index is 0.0404. The highest BCUT2D eigenvalue weighted by Gasteiger charge is 2.23. The lowest BCUT2D eigenvalue weighted by atomic mass is 10.0. The van der Waals surface area contributed by atoms with Gasteiger partial charge in [-0.25, -0.2) is 4.39 Å². The molecule has 0 saturated carbocycles. The molecule has 3 rings (SSSR count). The van der Waals surface area contributed by atoms with Crippen molar-refractivity contribution in [2.75, 3.05) is 20.1 Å². The van der Waals surface area contributed by atoms with E-state index in [1.54, 1.807) is 29.9 Å². The van der Waals surface area contributed by atoms with Crippen molar-refractivity contribution in [3.63, 3.8) is 0 Å². The van der Waals surface area contributed by atoms with Crippen molar-refractivity contribution in [2.45, 2.75) is 38.3 Å². The number of aromatic nitrogens is 1. The van der Waals surface area contributed by atoms with Crippen LogP contribution < -0.4 is 10.9 Å². The molecule has 1 saturated heterocycles. The van der Waals surface area contributed by atoms with Crippen LogP contribution in [0.15, 0.2) is 47.4 Å². The normalized spacial score (nSPS) is 16.5. The van der Waals surface area contributed by atoms with E-state index in [4.69, 9.17) is 0 Å². The number of halogens is 1. The lowest BCUT2D eigenvalue weighted by Gasteiger charge is -2.31. The van der Waals surface area contributed by atoms with Crippen molar-refractivity contribution in [1.29, 1.82) is 0 Å². The first-order valence-electron chi connectivity index (χ1n) is 9.50. The fourth-order valence-electron chi connectivity index (χ4n) is 3.66. The van der Waals surface area contributed by atoms with Crippen molar-refractivity contribution in [2.24, 2.45) is 0 Å². The highest BCUT2D eigenvalue weighted by molar-refractivity contribution is 5.93. The van der Waals surface area contributed by atoms with Gasteiger partial charge in [0.2, 0.25) is 0 Å². The number of hydrogen-bond donors (Lipinski definition) is 1. The van der Waals surface area contributed by atoms with E-state index in [-0.39, 0.29) is 23.3 Å². The van der Waals surface area contributed by atoms with Gasteiger partial charge in [-0.15, -0.1) is 0 Å². The summed E-state index contributed by atoms with van der Waals surface area (Å²) >= 11 is 0. The molecule has 2 aromatic rings. The number of likely N-dealkylation sites (tertiary alicyclic amines) is 1. The summed E-state index contributed by atoms with van der Waals surface area (Å²) in [5.74, 6) is -0.496. The van der Waals surface area contributed by atoms with E-state index in [2.05, 4.69) is 10.2 Å². The first-order valence-corrected chi connectivity index (χ1v) is 9.50. The zero-order chi connectivity index (χ0) is 19.2. The largest absolute Gasteiger partial charge is 0.355 e. The summed E-state index contributed by atoms with van der Waals surface area (Å²) in [6.07, 6.45) is 6.25. The van der Waals surface area contributed by atoms with Gasteiger partial charge in [-0.2, -0.15) is 0 Å². The molecule has 0 aliphatic carbocycles. The molecule has 0 spiro atoms. The molecule has 1 N–H and O–H groups in total. The van der Waals surface area contributed by atoms with Crippen LogP contribution in [-0.4, -0.2) is 35.5 Å². The van der Waals surface area contributed by atoms with E-state index < -0.39 is 0 Å². The minimum atomic E-state index is -0.271. The summed E-state index contributed by atoms with van der Waals surface area (Å²) in [5, 5.41) is 2.58. The maximum absolute atomic E-state index is 13.4. The number of amides is 1. The molecule has 5 nitrogen and oxygen atoms in total. The molecule has 1 fully saturated rings. The van der Waals surface area contributed by atoms with Crippen LogP contribution in [0.1, 0.15) is 47.6 Å². The van der Waals surface area contributed by atoms with Gasteiger partial charge in [0.05, 0.1) is 11.6 Å². The van der Waals surface area contributed by atoms with Gasteiger partial charge in [0.1, 0.15) is 5.82 Å². The van der Waals surface area contributed by atoms with E-state index in [9.17, 15) is 14.0 Å². The second-order valence-electron chi connectivity index (χ2n) is 7.01. The predicted octanol–water partition coefficient (Wildman–Crippen LogP) is 2.96. The van der Waals surface area contributed by atoms with Crippen LogP contribution >= 0.6 is 0 Å². The van der Waals surface area contributed by atoms with Gasteiger partial charge in [0.15, 0.2) is 0 Å². The average Bonchev–Trinajstić information content (AvgIpc) is 2.97. The first kappa shape index (κ1) is 19.3. The molecule has 1 aliphatic heterocycles. The molecule has 1 aromatic heterocycles. The molecule has 6 heteroatoms. The van der Waals surface area contributed by atoms with Crippen LogP contribution in [0.5, 0.6) is 0 Å². The number of nitrogens with zero attached hydrogens (tertiary/aromatic N) is 2. The molecule has 0 unspecified atom stereocenters. The summed E-state index contributed by atoms with van der Waals surface area (Å²) in [5.41, 5.74) is 1.28.